The average molecular weight is 274 g/mol. The van der Waals surface area contributed by atoms with E-state index in [1.54, 1.807) is 19.2 Å². The Morgan fingerprint density at radius 1 is 1.25 bits per heavy atom. The average Bonchev–Trinajstić information content (AvgIpc) is 2.38. The summed E-state index contributed by atoms with van der Waals surface area (Å²) in [4.78, 5) is 23.9. The van der Waals surface area contributed by atoms with Crippen molar-refractivity contribution < 1.29 is 9.21 Å². The quantitative estimate of drug-likeness (QED) is 0.841. The van der Waals surface area contributed by atoms with E-state index in [2.05, 4.69) is 10.6 Å². The maximum atomic E-state index is 12.0. The normalized spacial score (nSPS) is 10.8. The second-order valence-corrected chi connectivity index (χ2v) is 5.03. The summed E-state index contributed by atoms with van der Waals surface area (Å²) in [7, 11) is 1.71. The van der Waals surface area contributed by atoms with Gasteiger partial charge in [0.15, 0.2) is 5.69 Å². The highest BCUT2D eigenvalue weighted by Crippen LogP contribution is 2.28. The van der Waals surface area contributed by atoms with Gasteiger partial charge in [-0.3, -0.25) is 4.79 Å². The van der Waals surface area contributed by atoms with Crippen LogP contribution in [0.25, 0.3) is 11.0 Å². The van der Waals surface area contributed by atoms with Gasteiger partial charge in [-0.15, -0.1) is 0 Å². The number of benzene rings is 1. The molecule has 0 unspecified atom stereocenters. The van der Waals surface area contributed by atoms with Gasteiger partial charge in [-0.1, -0.05) is 26.0 Å². The van der Waals surface area contributed by atoms with Gasteiger partial charge < -0.3 is 15.1 Å². The summed E-state index contributed by atoms with van der Waals surface area (Å²) in [6.07, 6.45) is 0.357. The molecule has 0 aliphatic heterocycles. The van der Waals surface area contributed by atoms with Crippen LogP contribution in [0.3, 0.4) is 0 Å². The van der Waals surface area contributed by atoms with Crippen molar-refractivity contribution in [1.29, 1.82) is 0 Å². The van der Waals surface area contributed by atoms with E-state index in [9.17, 15) is 9.59 Å². The molecular formula is C15H18N2O3. The fourth-order valence-corrected chi connectivity index (χ4v) is 2.08. The van der Waals surface area contributed by atoms with Crippen molar-refractivity contribution in [3.63, 3.8) is 0 Å². The molecule has 2 rings (SSSR count). The van der Waals surface area contributed by atoms with Crippen LogP contribution < -0.4 is 16.3 Å². The molecule has 20 heavy (non-hydrogen) atoms. The molecule has 5 heteroatoms. The molecule has 0 saturated carbocycles. The molecule has 5 nitrogen and oxygen atoms in total. The zero-order chi connectivity index (χ0) is 14.7. The fourth-order valence-electron chi connectivity index (χ4n) is 2.08. The Bertz CT molecular complexity index is 689. The SMILES string of the molecule is CNc1c(NC(=O)CC(C)C)c(=O)oc2ccccc12. The summed E-state index contributed by atoms with van der Waals surface area (Å²) in [6, 6.07) is 7.20. The van der Waals surface area contributed by atoms with Crippen LogP contribution in [-0.2, 0) is 4.79 Å². The van der Waals surface area contributed by atoms with Gasteiger partial charge in [0.2, 0.25) is 5.91 Å². The van der Waals surface area contributed by atoms with E-state index in [1.807, 2.05) is 26.0 Å². The maximum absolute atomic E-state index is 12.0. The molecule has 0 aliphatic carbocycles. The van der Waals surface area contributed by atoms with Gasteiger partial charge in [-0.25, -0.2) is 4.79 Å². The van der Waals surface area contributed by atoms with Gasteiger partial charge in [-0.05, 0) is 18.1 Å². The van der Waals surface area contributed by atoms with Crippen molar-refractivity contribution in [1.82, 2.24) is 0 Å². The Kier molecular flexibility index (Phi) is 4.08. The number of rotatable bonds is 4. The van der Waals surface area contributed by atoms with Crippen molar-refractivity contribution in [3.05, 3.63) is 34.7 Å². The lowest BCUT2D eigenvalue weighted by Gasteiger charge is -2.12. The molecule has 1 heterocycles. The lowest BCUT2D eigenvalue weighted by atomic mass is 10.1. The lowest BCUT2D eigenvalue weighted by molar-refractivity contribution is -0.116. The number of carbonyl (C=O) groups is 1. The third-order valence-corrected chi connectivity index (χ3v) is 2.92. The summed E-state index contributed by atoms with van der Waals surface area (Å²) >= 11 is 0. The monoisotopic (exact) mass is 274 g/mol. The molecular weight excluding hydrogens is 256 g/mol. The highest BCUT2D eigenvalue weighted by atomic mass is 16.4. The minimum atomic E-state index is -0.551. The Morgan fingerprint density at radius 3 is 2.60 bits per heavy atom. The number of amides is 1. The molecule has 1 aromatic carbocycles. The van der Waals surface area contributed by atoms with Crippen molar-refractivity contribution >= 4 is 28.3 Å². The number of hydrogen-bond acceptors (Lipinski definition) is 4. The first-order valence-corrected chi connectivity index (χ1v) is 6.56. The smallest absolute Gasteiger partial charge is 0.362 e. The summed E-state index contributed by atoms with van der Waals surface area (Å²) < 4.78 is 5.23. The zero-order valence-corrected chi connectivity index (χ0v) is 11.8. The molecule has 1 amide bonds. The molecule has 0 saturated heterocycles. The van der Waals surface area contributed by atoms with Gasteiger partial charge in [0.1, 0.15) is 5.58 Å². The van der Waals surface area contributed by atoms with E-state index in [-0.39, 0.29) is 17.5 Å². The topological polar surface area (TPSA) is 71.3 Å². The van der Waals surface area contributed by atoms with E-state index in [0.717, 1.165) is 5.39 Å². The standard InChI is InChI=1S/C15H18N2O3/c1-9(2)8-12(18)17-14-13(16-3)10-6-4-5-7-11(10)20-15(14)19/h4-7,9,16H,8H2,1-3H3,(H,17,18). The number of carbonyl (C=O) groups excluding carboxylic acids is 1. The number of para-hydroxylation sites is 1. The Morgan fingerprint density at radius 2 is 1.95 bits per heavy atom. The van der Waals surface area contributed by atoms with Crippen LogP contribution in [0.5, 0.6) is 0 Å². The van der Waals surface area contributed by atoms with Crippen LogP contribution >= 0.6 is 0 Å². The first-order chi connectivity index (χ1) is 9.52. The largest absolute Gasteiger partial charge is 0.421 e. The van der Waals surface area contributed by atoms with Gasteiger partial charge in [-0.2, -0.15) is 0 Å². The van der Waals surface area contributed by atoms with E-state index in [0.29, 0.717) is 17.7 Å². The highest BCUT2D eigenvalue weighted by Gasteiger charge is 2.16. The number of anilines is 2. The molecule has 0 spiro atoms. The first kappa shape index (κ1) is 14.1. The van der Waals surface area contributed by atoms with Crippen molar-refractivity contribution in [3.8, 4) is 0 Å². The Labute approximate surface area is 117 Å². The molecule has 0 radical (unpaired) electrons. The van der Waals surface area contributed by atoms with E-state index < -0.39 is 5.63 Å². The lowest BCUT2D eigenvalue weighted by Crippen LogP contribution is -2.20. The summed E-state index contributed by atoms with van der Waals surface area (Å²) in [6.45, 7) is 3.89. The van der Waals surface area contributed by atoms with Crippen molar-refractivity contribution in [2.75, 3.05) is 17.7 Å². The van der Waals surface area contributed by atoms with Crippen molar-refractivity contribution in [2.24, 2.45) is 5.92 Å². The van der Waals surface area contributed by atoms with E-state index in [1.165, 1.54) is 0 Å². The summed E-state index contributed by atoms with van der Waals surface area (Å²) in [5, 5.41) is 6.37. The van der Waals surface area contributed by atoms with E-state index >= 15 is 0 Å². The number of fused-ring (bicyclic) bond motifs is 1. The second-order valence-electron chi connectivity index (χ2n) is 5.03. The molecule has 1 aromatic heterocycles. The van der Waals surface area contributed by atoms with Gasteiger partial charge in [0, 0.05) is 18.9 Å². The summed E-state index contributed by atoms with van der Waals surface area (Å²) in [5.41, 5.74) is 0.680. The van der Waals surface area contributed by atoms with Gasteiger partial charge in [0.25, 0.3) is 0 Å². The molecule has 0 aliphatic rings. The van der Waals surface area contributed by atoms with Crippen LogP contribution in [0, 0.1) is 5.92 Å². The van der Waals surface area contributed by atoms with Crippen LogP contribution in [0.15, 0.2) is 33.5 Å². The zero-order valence-electron chi connectivity index (χ0n) is 11.8. The fraction of sp³-hybridized carbons (Fsp3) is 0.333. The van der Waals surface area contributed by atoms with Crippen LogP contribution in [0.2, 0.25) is 0 Å². The number of hydrogen-bond donors (Lipinski definition) is 2. The Balaban J connectivity index is 2.49. The third-order valence-electron chi connectivity index (χ3n) is 2.92. The molecule has 106 valence electrons. The van der Waals surface area contributed by atoms with Crippen LogP contribution in [0.4, 0.5) is 11.4 Å². The van der Waals surface area contributed by atoms with Gasteiger partial charge in [0.05, 0.1) is 5.69 Å². The van der Waals surface area contributed by atoms with Gasteiger partial charge >= 0.3 is 5.63 Å². The molecule has 2 aromatic rings. The summed E-state index contributed by atoms with van der Waals surface area (Å²) in [5.74, 6) is 0.0274. The first-order valence-electron chi connectivity index (χ1n) is 6.56. The molecule has 0 fully saturated rings. The molecule has 0 bridgehead atoms. The predicted molar refractivity (Wildman–Crippen MR) is 80.1 cm³/mol. The third kappa shape index (κ3) is 2.82. The van der Waals surface area contributed by atoms with Crippen LogP contribution in [0.1, 0.15) is 20.3 Å². The molecule has 0 atom stereocenters. The number of nitrogens with one attached hydrogen (secondary N) is 2. The molecule has 2 N–H and O–H groups in total. The predicted octanol–water partition coefficient (Wildman–Crippen LogP) is 2.82. The highest BCUT2D eigenvalue weighted by molar-refractivity contribution is 6.02. The minimum Gasteiger partial charge on any atom is -0.421 e. The van der Waals surface area contributed by atoms with E-state index in [4.69, 9.17) is 4.42 Å². The second kappa shape index (κ2) is 5.77. The maximum Gasteiger partial charge on any atom is 0.362 e. The minimum absolute atomic E-state index is 0.164. The van der Waals surface area contributed by atoms with Crippen molar-refractivity contribution in [2.45, 2.75) is 20.3 Å². The Hall–Kier alpha value is -2.30. The van der Waals surface area contributed by atoms with Crippen LogP contribution in [-0.4, -0.2) is 13.0 Å².